The second kappa shape index (κ2) is 8.98. The average Bonchev–Trinajstić information content (AvgIpc) is 2.37. The lowest BCUT2D eigenvalue weighted by atomic mass is 10.1. The van der Waals surface area contributed by atoms with Crippen LogP contribution in [0.2, 0.25) is 0 Å². The predicted octanol–water partition coefficient (Wildman–Crippen LogP) is 3.93. The first kappa shape index (κ1) is 15.0. The minimum Gasteiger partial charge on any atom is -0.492 e. The lowest BCUT2D eigenvalue weighted by molar-refractivity contribution is 0.302. The van der Waals surface area contributed by atoms with E-state index in [9.17, 15) is 0 Å². The van der Waals surface area contributed by atoms with Gasteiger partial charge < -0.3 is 10.1 Å². The van der Waals surface area contributed by atoms with Crippen LogP contribution in [0.1, 0.15) is 45.1 Å². The standard InChI is InChI=1S/C16H27NO/c1-4-5-6-10-15(3)17-12-13-18-16-11-8-7-9-14(16)2/h7-9,11,15,17H,4-6,10,12-13H2,1-3H3. The lowest BCUT2D eigenvalue weighted by Crippen LogP contribution is -2.30. The summed E-state index contributed by atoms with van der Waals surface area (Å²) in [6.45, 7) is 8.23. The van der Waals surface area contributed by atoms with Gasteiger partial charge in [0.2, 0.25) is 0 Å². The van der Waals surface area contributed by atoms with Crippen LogP contribution >= 0.6 is 0 Å². The maximum Gasteiger partial charge on any atom is 0.122 e. The number of ether oxygens (including phenoxy) is 1. The summed E-state index contributed by atoms with van der Waals surface area (Å²) >= 11 is 0. The molecule has 1 aromatic rings. The highest BCUT2D eigenvalue weighted by molar-refractivity contribution is 5.31. The molecule has 1 aromatic carbocycles. The summed E-state index contributed by atoms with van der Waals surface area (Å²) in [5, 5.41) is 3.51. The summed E-state index contributed by atoms with van der Waals surface area (Å²) in [5.74, 6) is 0.998. The molecular formula is C16H27NO. The third-order valence-electron chi connectivity index (χ3n) is 3.19. The van der Waals surface area contributed by atoms with Crippen molar-refractivity contribution in [1.82, 2.24) is 5.32 Å². The Morgan fingerprint density at radius 2 is 2.00 bits per heavy atom. The topological polar surface area (TPSA) is 21.3 Å². The van der Waals surface area contributed by atoms with E-state index in [1.807, 2.05) is 18.2 Å². The molecule has 0 aliphatic carbocycles. The van der Waals surface area contributed by atoms with Gasteiger partial charge in [-0.05, 0) is 31.9 Å². The zero-order chi connectivity index (χ0) is 13.2. The van der Waals surface area contributed by atoms with E-state index in [0.717, 1.165) is 18.9 Å². The Hall–Kier alpha value is -1.02. The van der Waals surface area contributed by atoms with Gasteiger partial charge in [0.15, 0.2) is 0 Å². The second-order valence-corrected chi connectivity index (χ2v) is 4.96. The van der Waals surface area contributed by atoms with Gasteiger partial charge in [-0.1, -0.05) is 44.4 Å². The van der Waals surface area contributed by atoms with Crippen LogP contribution in [-0.2, 0) is 0 Å². The van der Waals surface area contributed by atoms with Crippen molar-refractivity contribution in [3.63, 3.8) is 0 Å². The third kappa shape index (κ3) is 6.06. The average molecular weight is 249 g/mol. The number of hydrogen-bond acceptors (Lipinski definition) is 2. The van der Waals surface area contributed by atoms with Crippen LogP contribution < -0.4 is 10.1 Å². The van der Waals surface area contributed by atoms with Crippen molar-refractivity contribution in [1.29, 1.82) is 0 Å². The van der Waals surface area contributed by atoms with E-state index < -0.39 is 0 Å². The third-order valence-corrected chi connectivity index (χ3v) is 3.19. The Morgan fingerprint density at radius 1 is 1.22 bits per heavy atom. The highest BCUT2D eigenvalue weighted by Gasteiger charge is 2.01. The molecule has 0 bridgehead atoms. The van der Waals surface area contributed by atoms with Crippen LogP contribution in [0.4, 0.5) is 0 Å². The molecule has 0 saturated carbocycles. The summed E-state index contributed by atoms with van der Waals surface area (Å²) in [6.07, 6.45) is 5.22. The molecule has 1 unspecified atom stereocenters. The van der Waals surface area contributed by atoms with Gasteiger partial charge in [0, 0.05) is 12.6 Å². The number of benzene rings is 1. The number of para-hydroxylation sites is 1. The molecular weight excluding hydrogens is 222 g/mol. The molecule has 0 radical (unpaired) electrons. The molecule has 1 N–H and O–H groups in total. The lowest BCUT2D eigenvalue weighted by Gasteiger charge is -2.14. The first-order valence-corrected chi connectivity index (χ1v) is 7.16. The Morgan fingerprint density at radius 3 is 2.72 bits per heavy atom. The number of hydrogen-bond donors (Lipinski definition) is 1. The van der Waals surface area contributed by atoms with Gasteiger partial charge >= 0.3 is 0 Å². The molecule has 0 fully saturated rings. The maximum absolute atomic E-state index is 5.75. The molecule has 102 valence electrons. The van der Waals surface area contributed by atoms with Gasteiger partial charge in [0.1, 0.15) is 12.4 Å². The molecule has 0 amide bonds. The summed E-state index contributed by atoms with van der Waals surface area (Å²) in [4.78, 5) is 0. The minimum absolute atomic E-state index is 0.594. The Labute approximate surface area is 112 Å². The van der Waals surface area contributed by atoms with Crippen LogP contribution in [-0.4, -0.2) is 19.2 Å². The van der Waals surface area contributed by atoms with E-state index in [2.05, 4.69) is 32.2 Å². The summed E-state index contributed by atoms with van der Waals surface area (Å²) in [6, 6.07) is 8.76. The molecule has 2 heteroatoms. The zero-order valence-electron chi connectivity index (χ0n) is 12.0. The summed E-state index contributed by atoms with van der Waals surface area (Å²) in [7, 11) is 0. The van der Waals surface area contributed by atoms with E-state index in [4.69, 9.17) is 4.74 Å². The van der Waals surface area contributed by atoms with Crippen molar-refractivity contribution in [2.75, 3.05) is 13.2 Å². The molecule has 0 spiro atoms. The van der Waals surface area contributed by atoms with Crippen LogP contribution in [0.3, 0.4) is 0 Å². The van der Waals surface area contributed by atoms with Crippen molar-refractivity contribution >= 4 is 0 Å². The maximum atomic E-state index is 5.75. The summed E-state index contributed by atoms with van der Waals surface area (Å²) in [5.41, 5.74) is 1.20. The van der Waals surface area contributed by atoms with Gasteiger partial charge in [0.05, 0.1) is 0 Å². The van der Waals surface area contributed by atoms with Crippen molar-refractivity contribution < 1.29 is 4.74 Å². The van der Waals surface area contributed by atoms with Crippen molar-refractivity contribution in [2.45, 2.75) is 52.5 Å². The summed E-state index contributed by atoms with van der Waals surface area (Å²) < 4.78 is 5.75. The molecule has 1 atom stereocenters. The van der Waals surface area contributed by atoms with E-state index in [0.29, 0.717) is 6.04 Å². The van der Waals surface area contributed by atoms with Crippen LogP contribution in [0.15, 0.2) is 24.3 Å². The Kier molecular flexibility index (Phi) is 7.51. The van der Waals surface area contributed by atoms with Crippen LogP contribution in [0, 0.1) is 6.92 Å². The molecule has 0 aromatic heterocycles. The van der Waals surface area contributed by atoms with E-state index in [1.165, 1.54) is 31.2 Å². The predicted molar refractivity (Wildman–Crippen MR) is 78.3 cm³/mol. The highest BCUT2D eigenvalue weighted by Crippen LogP contribution is 2.15. The minimum atomic E-state index is 0.594. The molecule has 0 aliphatic heterocycles. The second-order valence-electron chi connectivity index (χ2n) is 4.96. The van der Waals surface area contributed by atoms with Crippen LogP contribution in [0.25, 0.3) is 0 Å². The monoisotopic (exact) mass is 249 g/mol. The quantitative estimate of drug-likeness (QED) is 0.669. The SMILES string of the molecule is CCCCCC(C)NCCOc1ccccc1C. The van der Waals surface area contributed by atoms with E-state index in [-0.39, 0.29) is 0 Å². The smallest absolute Gasteiger partial charge is 0.122 e. The van der Waals surface area contributed by atoms with Gasteiger partial charge in [-0.2, -0.15) is 0 Å². The normalized spacial score (nSPS) is 12.4. The molecule has 0 saturated heterocycles. The van der Waals surface area contributed by atoms with Gasteiger partial charge in [-0.3, -0.25) is 0 Å². The van der Waals surface area contributed by atoms with Crippen molar-refractivity contribution in [3.05, 3.63) is 29.8 Å². The zero-order valence-corrected chi connectivity index (χ0v) is 12.0. The fourth-order valence-electron chi connectivity index (χ4n) is 1.99. The number of unbranched alkanes of at least 4 members (excludes halogenated alkanes) is 2. The van der Waals surface area contributed by atoms with Gasteiger partial charge in [-0.25, -0.2) is 0 Å². The largest absolute Gasteiger partial charge is 0.492 e. The highest BCUT2D eigenvalue weighted by atomic mass is 16.5. The first-order chi connectivity index (χ1) is 8.74. The molecule has 0 heterocycles. The Balaban J connectivity index is 2.09. The number of nitrogens with one attached hydrogen (secondary N) is 1. The number of aryl methyl sites for hydroxylation is 1. The van der Waals surface area contributed by atoms with E-state index >= 15 is 0 Å². The number of rotatable bonds is 9. The molecule has 2 nitrogen and oxygen atoms in total. The molecule has 1 rings (SSSR count). The van der Waals surface area contributed by atoms with Gasteiger partial charge in [-0.15, -0.1) is 0 Å². The Bertz CT molecular complexity index is 325. The first-order valence-electron chi connectivity index (χ1n) is 7.16. The molecule has 0 aliphatic rings. The van der Waals surface area contributed by atoms with E-state index in [1.54, 1.807) is 0 Å². The fourth-order valence-corrected chi connectivity index (χ4v) is 1.99. The van der Waals surface area contributed by atoms with Crippen molar-refractivity contribution in [2.24, 2.45) is 0 Å². The van der Waals surface area contributed by atoms with Gasteiger partial charge in [0.25, 0.3) is 0 Å². The fraction of sp³-hybridized carbons (Fsp3) is 0.625. The van der Waals surface area contributed by atoms with Crippen LogP contribution in [0.5, 0.6) is 5.75 Å². The van der Waals surface area contributed by atoms with Crippen molar-refractivity contribution in [3.8, 4) is 5.75 Å². The molecule has 18 heavy (non-hydrogen) atoms.